The van der Waals surface area contributed by atoms with Crippen LogP contribution in [-0.4, -0.2) is 10.2 Å². The highest BCUT2D eigenvalue weighted by molar-refractivity contribution is 5.55. The van der Waals surface area contributed by atoms with Gasteiger partial charge in [-0.05, 0) is 23.6 Å². The average Bonchev–Trinajstić information content (AvgIpc) is 2.89. The van der Waals surface area contributed by atoms with Gasteiger partial charge in [-0.25, -0.2) is 4.39 Å². The molecule has 1 aliphatic heterocycles. The maximum absolute atomic E-state index is 13.6. The van der Waals surface area contributed by atoms with Gasteiger partial charge >= 0.3 is 0 Å². The van der Waals surface area contributed by atoms with Crippen LogP contribution in [0.1, 0.15) is 42.5 Å². The molecule has 1 atom stereocenters. The topological polar surface area (TPSA) is 87.7 Å². The van der Waals surface area contributed by atoms with E-state index in [0.29, 0.717) is 11.4 Å². The number of nitriles is 1. The Balaban J connectivity index is 2.26. The number of halogens is 1. The van der Waals surface area contributed by atoms with E-state index in [1.165, 1.54) is 12.1 Å². The van der Waals surface area contributed by atoms with Gasteiger partial charge in [-0.2, -0.15) is 5.26 Å². The predicted molar refractivity (Wildman–Crippen MR) is 78.4 cm³/mol. The molecule has 1 aliphatic rings. The van der Waals surface area contributed by atoms with Gasteiger partial charge in [-0.3, -0.25) is 5.10 Å². The van der Waals surface area contributed by atoms with E-state index in [2.05, 4.69) is 16.3 Å². The van der Waals surface area contributed by atoms with Gasteiger partial charge in [0.15, 0.2) is 0 Å². The van der Waals surface area contributed by atoms with Crippen LogP contribution in [0.5, 0.6) is 5.88 Å². The fraction of sp³-hybridized carbons (Fsp3) is 0.250. The van der Waals surface area contributed by atoms with E-state index >= 15 is 0 Å². The number of fused-ring (bicyclic) bond motifs is 1. The highest BCUT2D eigenvalue weighted by Gasteiger charge is 2.35. The van der Waals surface area contributed by atoms with Crippen LogP contribution in [-0.2, 0) is 0 Å². The van der Waals surface area contributed by atoms with Crippen molar-refractivity contribution >= 4 is 0 Å². The number of nitrogens with zero attached hydrogens (tertiary/aromatic N) is 2. The Morgan fingerprint density at radius 1 is 1.45 bits per heavy atom. The molecule has 22 heavy (non-hydrogen) atoms. The fourth-order valence-corrected chi connectivity index (χ4v) is 2.73. The van der Waals surface area contributed by atoms with E-state index in [1.54, 1.807) is 12.1 Å². The summed E-state index contributed by atoms with van der Waals surface area (Å²) < 4.78 is 19.1. The predicted octanol–water partition coefficient (Wildman–Crippen LogP) is 2.89. The van der Waals surface area contributed by atoms with Gasteiger partial charge in [0, 0.05) is 5.69 Å². The van der Waals surface area contributed by atoms with Crippen molar-refractivity contribution in [2.24, 2.45) is 5.73 Å². The molecule has 112 valence electrons. The molecule has 0 fully saturated rings. The van der Waals surface area contributed by atoms with E-state index in [4.69, 9.17) is 10.5 Å². The number of ether oxygens (including phenoxy) is 1. The van der Waals surface area contributed by atoms with Crippen LogP contribution in [0, 0.1) is 17.1 Å². The maximum Gasteiger partial charge on any atom is 0.244 e. The summed E-state index contributed by atoms with van der Waals surface area (Å²) in [7, 11) is 0. The highest BCUT2D eigenvalue weighted by atomic mass is 19.1. The average molecular weight is 298 g/mol. The zero-order valence-corrected chi connectivity index (χ0v) is 12.2. The minimum atomic E-state index is -0.486. The van der Waals surface area contributed by atoms with Crippen molar-refractivity contribution < 1.29 is 9.13 Å². The SMILES string of the molecule is CC(C)c1[nH]nc2c1C(c1cccc(F)c1)C(C#N)=C(N)O2. The van der Waals surface area contributed by atoms with E-state index in [0.717, 1.165) is 11.3 Å². The number of H-pyrrole nitrogens is 1. The number of aromatic amines is 1. The van der Waals surface area contributed by atoms with Crippen molar-refractivity contribution in [1.82, 2.24) is 10.2 Å². The Kier molecular flexibility index (Phi) is 3.33. The summed E-state index contributed by atoms with van der Waals surface area (Å²) in [5.41, 5.74) is 8.35. The molecule has 3 N–H and O–H groups in total. The van der Waals surface area contributed by atoms with Gasteiger partial charge in [0.05, 0.1) is 11.5 Å². The third-order valence-electron chi connectivity index (χ3n) is 3.73. The molecule has 0 saturated heterocycles. The minimum absolute atomic E-state index is 0.00562. The van der Waals surface area contributed by atoms with Gasteiger partial charge in [0.1, 0.15) is 17.5 Å². The molecule has 3 rings (SSSR count). The highest BCUT2D eigenvalue weighted by Crippen LogP contribution is 2.44. The Morgan fingerprint density at radius 3 is 2.86 bits per heavy atom. The quantitative estimate of drug-likeness (QED) is 0.892. The zero-order valence-electron chi connectivity index (χ0n) is 12.2. The molecule has 6 heteroatoms. The second kappa shape index (κ2) is 5.19. The summed E-state index contributed by atoms with van der Waals surface area (Å²) in [6.07, 6.45) is 0. The van der Waals surface area contributed by atoms with Crippen molar-refractivity contribution in [2.75, 3.05) is 0 Å². The van der Waals surface area contributed by atoms with E-state index in [-0.39, 0.29) is 23.2 Å². The van der Waals surface area contributed by atoms with Crippen molar-refractivity contribution in [2.45, 2.75) is 25.7 Å². The molecule has 1 aromatic carbocycles. The lowest BCUT2D eigenvalue weighted by molar-refractivity contribution is 0.378. The third kappa shape index (κ3) is 2.11. The number of hydrogen-bond donors (Lipinski definition) is 2. The molecule has 0 radical (unpaired) electrons. The van der Waals surface area contributed by atoms with Crippen LogP contribution in [0.15, 0.2) is 35.7 Å². The van der Waals surface area contributed by atoms with E-state index in [1.807, 2.05) is 13.8 Å². The standard InChI is InChI=1S/C16H15FN4O/c1-8(2)14-13-12(9-4-3-5-10(17)6-9)11(7-18)15(19)22-16(13)21-20-14/h3-6,8,12H,19H2,1-2H3,(H,20,21). The first-order valence-electron chi connectivity index (χ1n) is 6.94. The maximum atomic E-state index is 13.6. The molecule has 0 amide bonds. The normalized spacial score (nSPS) is 17.1. The Hall–Kier alpha value is -2.81. The minimum Gasteiger partial charge on any atom is -0.420 e. The number of benzene rings is 1. The summed E-state index contributed by atoms with van der Waals surface area (Å²) in [6, 6.07) is 8.23. The summed E-state index contributed by atoms with van der Waals surface area (Å²) in [6.45, 7) is 4.01. The molecule has 0 aliphatic carbocycles. The van der Waals surface area contributed by atoms with Gasteiger partial charge < -0.3 is 10.5 Å². The van der Waals surface area contributed by atoms with Gasteiger partial charge in [0.25, 0.3) is 0 Å². The monoisotopic (exact) mass is 298 g/mol. The zero-order chi connectivity index (χ0) is 15.9. The van der Waals surface area contributed by atoms with Crippen molar-refractivity contribution in [3.8, 4) is 11.9 Å². The number of hydrogen-bond acceptors (Lipinski definition) is 4. The lowest BCUT2D eigenvalue weighted by atomic mass is 9.82. The number of nitrogens with one attached hydrogen (secondary N) is 1. The smallest absolute Gasteiger partial charge is 0.244 e. The van der Waals surface area contributed by atoms with Crippen LogP contribution < -0.4 is 10.5 Å². The number of rotatable bonds is 2. The molecule has 0 bridgehead atoms. The van der Waals surface area contributed by atoms with Gasteiger partial charge in [-0.15, -0.1) is 5.10 Å². The first-order valence-corrected chi connectivity index (χ1v) is 6.94. The van der Waals surface area contributed by atoms with Crippen LogP contribution in [0.2, 0.25) is 0 Å². The lowest BCUT2D eigenvalue weighted by Crippen LogP contribution is -2.21. The number of allylic oxidation sites excluding steroid dienone is 1. The molecular weight excluding hydrogens is 283 g/mol. The Morgan fingerprint density at radius 2 is 2.23 bits per heavy atom. The molecule has 5 nitrogen and oxygen atoms in total. The Labute approximate surface area is 127 Å². The van der Waals surface area contributed by atoms with Crippen molar-refractivity contribution in [3.63, 3.8) is 0 Å². The first-order chi connectivity index (χ1) is 10.5. The second-order valence-electron chi connectivity index (χ2n) is 5.49. The summed E-state index contributed by atoms with van der Waals surface area (Å²) in [5.74, 6) is -0.354. The van der Waals surface area contributed by atoms with Gasteiger partial charge in [-0.1, -0.05) is 26.0 Å². The van der Waals surface area contributed by atoms with Crippen molar-refractivity contribution in [3.05, 3.63) is 58.4 Å². The van der Waals surface area contributed by atoms with Crippen molar-refractivity contribution in [1.29, 1.82) is 5.26 Å². The fourth-order valence-electron chi connectivity index (χ4n) is 2.73. The third-order valence-corrected chi connectivity index (χ3v) is 3.73. The summed E-state index contributed by atoms with van der Waals surface area (Å²) in [5, 5.41) is 16.5. The van der Waals surface area contributed by atoms with Crippen LogP contribution >= 0.6 is 0 Å². The summed E-state index contributed by atoms with van der Waals surface area (Å²) >= 11 is 0. The van der Waals surface area contributed by atoms with Crippen LogP contribution in [0.3, 0.4) is 0 Å². The first kappa shape index (κ1) is 14.1. The van der Waals surface area contributed by atoms with Crippen LogP contribution in [0.4, 0.5) is 4.39 Å². The molecule has 0 spiro atoms. The number of nitrogens with two attached hydrogens (primary N) is 1. The molecule has 2 heterocycles. The largest absolute Gasteiger partial charge is 0.420 e. The molecule has 1 unspecified atom stereocenters. The Bertz CT molecular complexity index is 801. The molecule has 1 aromatic heterocycles. The molecule has 2 aromatic rings. The van der Waals surface area contributed by atoms with E-state index in [9.17, 15) is 9.65 Å². The van der Waals surface area contributed by atoms with Gasteiger partial charge in [0.2, 0.25) is 11.8 Å². The molecule has 0 saturated carbocycles. The van der Waals surface area contributed by atoms with Crippen LogP contribution in [0.25, 0.3) is 0 Å². The second-order valence-corrected chi connectivity index (χ2v) is 5.49. The summed E-state index contributed by atoms with van der Waals surface area (Å²) in [4.78, 5) is 0. The van der Waals surface area contributed by atoms with E-state index < -0.39 is 5.92 Å². The molecular formula is C16H15FN4O. The number of aromatic nitrogens is 2. The lowest BCUT2D eigenvalue weighted by Gasteiger charge is -2.24.